The first kappa shape index (κ1) is 10.1. The van der Waals surface area contributed by atoms with Crippen molar-refractivity contribution in [2.75, 3.05) is 27.7 Å². The van der Waals surface area contributed by atoms with E-state index in [-0.39, 0.29) is 0 Å². The van der Waals surface area contributed by atoms with E-state index in [1.54, 1.807) is 6.33 Å². The lowest BCUT2D eigenvalue weighted by molar-refractivity contribution is 0.379. The van der Waals surface area contributed by atoms with E-state index in [0.29, 0.717) is 0 Å². The van der Waals surface area contributed by atoms with Crippen LogP contribution in [0, 0.1) is 0 Å². The maximum Gasteiger partial charge on any atom is 0.146 e. The van der Waals surface area contributed by atoms with E-state index in [2.05, 4.69) is 39.1 Å². The van der Waals surface area contributed by atoms with Gasteiger partial charge in [0.25, 0.3) is 0 Å². The number of hydrogen-bond acceptors (Lipinski definition) is 4. The number of hydrogen-bond donors (Lipinski definition) is 1. The van der Waals surface area contributed by atoms with Crippen LogP contribution in [0.1, 0.15) is 5.82 Å². The third-order valence-corrected chi connectivity index (χ3v) is 1.82. The summed E-state index contributed by atoms with van der Waals surface area (Å²) < 4.78 is 2.07. The highest BCUT2D eigenvalue weighted by atomic mass is 15.3. The molecule has 0 fully saturated rings. The van der Waals surface area contributed by atoms with Crippen LogP contribution in [0.15, 0.2) is 6.33 Å². The SMILES string of the molecule is CNCc1nncn1CCN(C)C. The smallest absolute Gasteiger partial charge is 0.146 e. The molecule has 1 aromatic heterocycles. The van der Waals surface area contributed by atoms with Gasteiger partial charge in [-0.3, -0.25) is 0 Å². The molecule has 13 heavy (non-hydrogen) atoms. The maximum absolute atomic E-state index is 4.02. The van der Waals surface area contributed by atoms with Crippen molar-refractivity contribution in [2.45, 2.75) is 13.1 Å². The van der Waals surface area contributed by atoms with Crippen LogP contribution in [-0.2, 0) is 13.1 Å². The van der Waals surface area contributed by atoms with E-state index >= 15 is 0 Å². The average Bonchev–Trinajstić information content (AvgIpc) is 2.49. The van der Waals surface area contributed by atoms with Crippen molar-refractivity contribution in [3.05, 3.63) is 12.2 Å². The summed E-state index contributed by atoms with van der Waals surface area (Å²) in [6.07, 6.45) is 1.77. The van der Waals surface area contributed by atoms with Crippen LogP contribution in [0.3, 0.4) is 0 Å². The monoisotopic (exact) mass is 183 g/mol. The van der Waals surface area contributed by atoms with Gasteiger partial charge >= 0.3 is 0 Å². The van der Waals surface area contributed by atoms with E-state index in [1.165, 1.54) is 0 Å². The first-order chi connectivity index (χ1) is 6.24. The highest BCUT2D eigenvalue weighted by molar-refractivity contribution is 4.84. The molecule has 1 heterocycles. The second kappa shape index (κ2) is 4.94. The zero-order chi connectivity index (χ0) is 9.68. The Bertz CT molecular complexity index is 242. The van der Waals surface area contributed by atoms with Gasteiger partial charge in [0, 0.05) is 13.1 Å². The molecular formula is C8H17N5. The first-order valence-electron chi connectivity index (χ1n) is 4.40. The second-order valence-electron chi connectivity index (χ2n) is 3.27. The molecule has 0 bridgehead atoms. The van der Waals surface area contributed by atoms with Crippen LogP contribution in [-0.4, -0.2) is 47.4 Å². The number of nitrogens with one attached hydrogen (secondary N) is 1. The Hall–Kier alpha value is -0.940. The summed E-state index contributed by atoms with van der Waals surface area (Å²) in [5.41, 5.74) is 0. The van der Waals surface area contributed by atoms with Crippen LogP contribution < -0.4 is 5.32 Å². The fraction of sp³-hybridized carbons (Fsp3) is 0.750. The molecule has 1 aromatic rings. The molecule has 0 aliphatic rings. The number of likely N-dealkylation sites (N-methyl/N-ethyl adjacent to an activating group) is 1. The predicted octanol–water partition coefficient (Wildman–Crippen LogP) is -0.441. The molecule has 0 saturated carbocycles. The van der Waals surface area contributed by atoms with Gasteiger partial charge in [0.15, 0.2) is 0 Å². The fourth-order valence-electron chi connectivity index (χ4n) is 1.07. The average molecular weight is 183 g/mol. The van der Waals surface area contributed by atoms with Crippen molar-refractivity contribution in [1.29, 1.82) is 0 Å². The van der Waals surface area contributed by atoms with Crippen molar-refractivity contribution in [3.8, 4) is 0 Å². The lowest BCUT2D eigenvalue weighted by Crippen LogP contribution is -2.20. The molecule has 0 aliphatic heterocycles. The molecule has 0 unspecified atom stereocenters. The second-order valence-corrected chi connectivity index (χ2v) is 3.27. The summed E-state index contributed by atoms with van der Waals surface area (Å²) in [5.74, 6) is 0.990. The Morgan fingerprint density at radius 3 is 2.92 bits per heavy atom. The molecule has 5 heteroatoms. The van der Waals surface area contributed by atoms with Gasteiger partial charge in [0.05, 0.1) is 6.54 Å². The van der Waals surface area contributed by atoms with Crippen LogP contribution in [0.2, 0.25) is 0 Å². The van der Waals surface area contributed by atoms with E-state index in [4.69, 9.17) is 0 Å². The van der Waals surface area contributed by atoms with Gasteiger partial charge in [0.2, 0.25) is 0 Å². The zero-order valence-electron chi connectivity index (χ0n) is 8.49. The molecule has 0 saturated heterocycles. The van der Waals surface area contributed by atoms with Gasteiger partial charge in [-0.15, -0.1) is 10.2 Å². The Labute approximate surface area is 78.8 Å². The quantitative estimate of drug-likeness (QED) is 0.672. The summed E-state index contributed by atoms with van der Waals surface area (Å²) in [4.78, 5) is 2.14. The molecule has 1 N–H and O–H groups in total. The van der Waals surface area contributed by atoms with Crippen LogP contribution in [0.5, 0.6) is 0 Å². The third-order valence-electron chi connectivity index (χ3n) is 1.82. The van der Waals surface area contributed by atoms with Crippen molar-refractivity contribution in [1.82, 2.24) is 25.0 Å². The molecule has 0 amide bonds. The normalized spacial score (nSPS) is 11.1. The Morgan fingerprint density at radius 2 is 2.31 bits per heavy atom. The molecule has 0 atom stereocenters. The van der Waals surface area contributed by atoms with E-state index in [9.17, 15) is 0 Å². The van der Waals surface area contributed by atoms with Crippen molar-refractivity contribution in [2.24, 2.45) is 0 Å². The number of aromatic nitrogens is 3. The summed E-state index contributed by atoms with van der Waals surface area (Å²) in [6.45, 7) is 2.72. The van der Waals surface area contributed by atoms with Gasteiger partial charge in [-0.05, 0) is 21.1 Å². The Morgan fingerprint density at radius 1 is 1.54 bits per heavy atom. The van der Waals surface area contributed by atoms with E-state index < -0.39 is 0 Å². The number of rotatable bonds is 5. The maximum atomic E-state index is 4.02. The first-order valence-corrected chi connectivity index (χ1v) is 4.40. The highest BCUT2D eigenvalue weighted by Crippen LogP contribution is 1.94. The minimum Gasteiger partial charge on any atom is -0.315 e. The lowest BCUT2D eigenvalue weighted by atomic mass is 10.5. The van der Waals surface area contributed by atoms with Gasteiger partial charge in [-0.25, -0.2) is 0 Å². The largest absolute Gasteiger partial charge is 0.315 e. The van der Waals surface area contributed by atoms with Crippen LogP contribution in [0.25, 0.3) is 0 Å². The van der Waals surface area contributed by atoms with Crippen LogP contribution >= 0.6 is 0 Å². The molecular weight excluding hydrogens is 166 g/mol. The molecule has 74 valence electrons. The van der Waals surface area contributed by atoms with Crippen molar-refractivity contribution >= 4 is 0 Å². The molecule has 0 radical (unpaired) electrons. The Kier molecular flexibility index (Phi) is 3.85. The highest BCUT2D eigenvalue weighted by Gasteiger charge is 2.02. The number of nitrogens with zero attached hydrogens (tertiary/aromatic N) is 4. The molecule has 0 aliphatic carbocycles. The Balaban J connectivity index is 2.49. The molecule has 0 spiro atoms. The van der Waals surface area contributed by atoms with Crippen molar-refractivity contribution in [3.63, 3.8) is 0 Å². The summed E-state index contributed by atoms with van der Waals surface area (Å²) in [6, 6.07) is 0. The topological polar surface area (TPSA) is 46.0 Å². The minimum atomic E-state index is 0.771. The zero-order valence-corrected chi connectivity index (χ0v) is 8.49. The van der Waals surface area contributed by atoms with Gasteiger partial charge in [0.1, 0.15) is 12.2 Å². The summed E-state index contributed by atoms with van der Waals surface area (Å²) in [7, 11) is 6.02. The summed E-state index contributed by atoms with van der Waals surface area (Å²) >= 11 is 0. The molecule has 1 rings (SSSR count). The predicted molar refractivity (Wildman–Crippen MR) is 51.3 cm³/mol. The summed E-state index contributed by atoms with van der Waals surface area (Å²) in [5, 5.41) is 11.0. The van der Waals surface area contributed by atoms with E-state index in [1.807, 2.05) is 7.05 Å². The third kappa shape index (κ3) is 3.12. The standard InChI is InChI=1S/C8H17N5/c1-9-6-8-11-10-7-13(8)5-4-12(2)3/h7,9H,4-6H2,1-3H3. The fourth-order valence-corrected chi connectivity index (χ4v) is 1.07. The van der Waals surface area contributed by atoms with Gasteiger partial charge in [-0.1, -0.05) is 0 Å². The van der Waals surface area contributed by atoms with Gasteiger partial charge < -0.3 is 14.8 Å². The van der Waals surface area contributed by atoms with Crippen molar-refractivity contribution < 1.29 is 0 Å². The van der Waals surface area contributed by atoms with E-state index in [0.717, 1.165) is 25.5 Å². The van der Waals surface area contributed by atoms with Crippen LogP contribution in [0.4, 0.5) is 0 Å². The minimum absolute atomic E-state index is 0.771. The molecule has 5 nitrogen and oxygen atoms in total. The molecule has 0 aromatic carbocycles. The van der Waals surface area contributed by atoms with Gasteiger partial charge in [-0.2, -0.15) is 0 Å². The lowest BCUT2D eigenvalue weighted by Gasteiger charge is -2.10.